The Hall–Kier alpha value is -3.88. The Morgan fingerprint density at radius 3 is 2.61 bits per heavy atom. The average molecular weight is 466 g/mol. The smallest absolute Gasteiger partial charge is 0.371 e. The third-order valence-corrected chi connectivity index (χ3v) is 4.64. The Morgan fingerprint density at radius 2 is 1.97 bits per heavy atom. The van der Waals surface area contributed by atoms with Crippen molar-refractivity contribution in [3.63, 3.8) is 0 Å². The largest absolute Gasteiger partial charge is 0.404 e. The number of halogens is 6. The number of nitriles is 1. The van der Waals surface area contributed by atoms with Crippen LogP contribution in [0, 0.1) is 18.3 Å². The van der Waals surface area contributed by atoms with E-state index in [1.165, 1.54) is 12.1 Å². The zero-order chi connectivity index (χ0) is 24.4. The van der Waals surface area contributed by atoms with Gasteiger partial charge < -0.3 is 10.1 Å². The van der Waals surface area contributed by atoms with Crippen LogP contribution in [0.2, 0.25) is 0 Å². The van der Waals surface area contributed by atoms with E-state index < -0.39 is 24.8 Å². The molecule has 0 saturated heterocycles. The molecule has 0 amide bonds. The van der Waals surface area contributed by atoms with Crippen LogP contribution in [0.1, 0.15) is 17.0 Å². The van der Waals surface area contributed by atoms with Gasteiger partial charge >= 0.3 is 18.3 Å². The van der Waals surface area contributed by atoms with E-state index in [2.05, 4.69) is 15.0 Å². The molecule has 0 unspecified atom stereocenters. The summed E-state index contributed by atoms with van der Waals surface area (Å²) in [4.78, 5) is 11.8. The molecule has 33 heavy (non-hydrogen) atoms. The number of allylic oxidation sites excluding steroid dienone is 1. The van der Waals surface area contributed by atoms with Crippen molar-refractivity contribution in [2.24, 2.45) is 10.7 Å². The van der Waals surface area contributed by atoms with Crippen molar-refractivity contribution in [2.75, 3.05) is 6.54 Å². The van der Waals surface area contributed by atoms with E-state index in [1.54, 1.807) is 35.9 Å². The molecule has 6 nitrogen and oxygen atoms in total. The molecular formula is C21H16F6N6. The van der Waals surface area contributed by atoms with Crippen LogP contribution in [0.25, 0.3) is 22.5 Å². The lowest BCUT2D eigenvalue weighted by Crippen LogP contribution is -2.48. The molecule has 0 aromatic carbocycles. The van der Waals surface area contributed by atoms with E-state index in [0.29, 0.717) is 11.2 Å². The predicted molar refractivity (Wildman–Crippen MR) is 109 cm³/mol. The van der Waals surface area contributed by atoms with Gasteiger partial charge in [0.05, 0.1) is 11.4 Å². The van der Waals surface area contributed by atoms with Crippen LogP contribution in [-0.2, 0) is 0 Å². The van der Waals surface area contributed by atoms with Crippen molar-refractivity contribution in [3.05, 3.63) is 59.8 Å². The summed E-state index contributed by atoms with van der Waals surface area (Å²) in [5.74, 6) is -10.6. The van der Waals surface area contributed by atoms with Crippen LogP contribution in [0.5, 0.6) is 0 Å². The van der Waals surface area contributed by atoms with Gasteiger partial charge in [0.2, 0.25) is 0 Å². The van der Waals surface area contributed by atoms with Gasteiger partial charge in [-0.3, -0.25) is 4.99 Å². The van der Waals surface area contributed by atoms with Crippen molar-refractivity contribution in [1.29, 1.82) is 5.26 Å². The number of hydrogen-bond acceptors (Lipinski definition) is 5. The van der Waals surface area contributed by atoms with Crippen LogP contribution < -0.4 is 5.73 Å². The quantitative estimate of drug-likeness (QED) is 0.411. The number of rotatable bonds is 7. The highest BCUT2D eigenvalue weighted by Gasteiger charge is 2.62. The standard InChI is InChI=1S/C21H16F6N6/c1-12-10-33-5-4-13(6-17(33)31-12)18-16(3-2-15(8-29)32-18)14(7-28)9-30-11-20(24,25)21(26,27)19(22)23/h2-7,9-10,19H,11,28H2,1H3. The molecule has 172 valence electrons. The SMILES string of the molecule is Cc1cn2ccc(-c3nc(C#N)ccc3C(C=NCC(F)(F)C(F)(F)C(F)F)=CN)cc2n1. The van der Waals surface area contributed by atoms with E-state index in [4.69, 9.17) is 5.73 Å². The molecule has 0 bridgehead atoms. The number of aryl methyl sites for hydroxylation is 1. The molecule has 0 aliphatic rings. The van der Waals surface area contributed by atoms with Crippen LogP contribution in [-0.4, -0.2) is 45.4 Å². The van der Waals surface area contributed by atoms with Gasteiger partial charge in [0.1, 0.15) is 24.0 Å². The first kappa shape index (κ1) is 23.8. The Labute approximate surface area is 183 Å². The molecule has 0 atom stereocenters. The summed E-state index contributed by atoms with van der Waals surface area (Å²) in [5, 5.41) is 9.21. The van der Waals surface area contributed by atoms with E-state index >= 15 is 0 Å². The highest BCUT2D eigenvalue weighted by atomic mass is 19.3. The van der Waals surface area contributed by atoms with Crippen LogP contribution in [0.15, 0.2) is 47.9 Å². The molecule has 12 heteroatoms. The molecule has 3 heterocycles. The number of nitrogens with zero attached hydrogens (tertiary/aromatic N) is 5. The van der Waals surface area contributed by atoms with Crippen molar-refractivity contribution < 1.29 is 26.3 Å². The van der Waals surface area contributed by atoms with Gasteiger partial charge in [0, 0.05) is 41.5 Å². The maximum Gasteiger partial charge on any atom is 0.371 e. The molecule has 3 aromatic rings. The minimum absolute atomic E-state index is 0.00227. The fraction of sp³-hybridized carbons (Fsp3) is 0.238. The monoisotopic (exact) mass is 466 g/mol. The fourth-order valence-electron chi connectivity index (χ4n) is 2.96. The molecule has 0 fully saturated rings. The number of aliphatic imine (C=N–C) groups is 1. The summed E-state index contributed by atoms with van der Waals surface area (Å²) >= 11 is 0. The Bertz CT molecular complexity index is 1270. The molecule has 0 saturated carbocycles. The van der Waals surface area contributed by atoms with Crippen molar-refractivity contribution in [3.8, 4) is 17.3 Å². The van der Waals surface area contributed by atoms with Gasteiger partial charge in [0.25, 0.3) is 0 Å². The second kappa shape index (κ2) is 8.93. The summed E-state index contributed by atoms with van der Waals surface area (Å²) in [6, 6.07) is 7.99. The molecule has 0 spiro atoms. The highest BCUT2D eigenvalue weighted by molar-refractivity contribution is 6.11. The van der Waals surface area contributed by atoms with Crippen LogP contribution in [0.3, 0.4) is 0 Å². The molecule has 3 rings (SSSR count). The summed E-state index contributed by atoms with van der Waals surface area (Å²) in [7, 11) is 0. The first-order valence-electron chi connectivity index (χ1n) is 9.33. The highest BCUT2D eigenvalue weighted by Crippen LogP contribution is 2.39. The first-order valence-corrected chi connectivity index (χ1v) is 9.33. The van der Waals surface area contributed by atoms with Gasteiger partial charge in [0.15, 0.2) is 0 Å². The number of pyridine rings is 2. The molecular weight excluding hydrogens is 450 g/mol. The minimum atomic E-state index is -5.55. The third kappa shape index (κ3) is 4.67. The second-order valence-corrected chi connectivity index (χ2v) is 6.99. The molecule has 0 aliphatic heterocycles. The molecule has 0 aliphatic carbocycles. The maximum atomic E-state index is 13.6. The molecule has 2 N–H and O–H groups in total. The van der Waals surface area contributed by atoms with Gasteiger partial charge in [-0.1, -0.05) is 0 Å². The third-order valence-electron chi connectivity index (χ3n) is 4.64. The van der Waals surface area contributed by atoms with E-state index in [0.717, 1.165) is 18.1 Å². The summed E-state index contributed by atoms with van der Waals surface area (Å²) in [6.45, 7) is -0.0915. The van der Waals surface area contributed by atoms with Crippen LogP contribution in [0.4, 0.5) is 26.3 Å². The van der Waals surface area contributed by atoms with E-state index in [9.17, 15) is 31.6 Å². The zero-order valence-electron chi connectivity index (χ0n) is 17.0. The average Bonchev–Trinajstić information content (AvgIpc) is 3.15. The van der Waals surface area contributed by atoms with Crippen molar-refractivity contribution >= 4 is 17.4 Å². The Kier molecular flexibility index (Phi) is 6.44. The lowest BCUT2D eigenvalue weighted by Gasteiger charge is -2.24. The molecule has 0 radical (unpaired) electrons. The summed E-state index contributed by atoms with van der Waals surface area (Å²) in [6.07, 6.45) is 0.662. The second-order valence-electron chi connectivity index (χ2n) is 6.99. The maximum absolute atomic E-state index is 13.6. The number of fused-ring (bicyclic) bond motifs is 1. The van der Waals surface area contributed by atoms with E-state index in [1.807, 2.05) is 6.07 Å². The number of alkyl halides is 6. The van der Waals surface area contributed by atoms with Crippen molar-refractivity contribution in [2.45, 2.75) is 25.2 Å². The number of nitrogens with two attached hydrogens (primary N) is 1. The number of aromatic nitrogens is 3. The first-order chi connectivity index (χ1) is 15.5. The summed E-state index contributed by atoms with van der Waals surface area (Å²) < 4.78 is 79.6. The number of imidazole rings is 1. The minimum Gasteiger partial charge on any atom is -0.404 e. The van der Waals surface area contributed by atoms with Crippen LogP contribution >= 0.6 is 0 Å². The van der Waals surface area contributed by atoms with Gasteiger partial charge in [-0.25, -0.2) is 18.7 Å². The van der Waals surface area contributed by atoms with Gasteiger partial charge in [-0.05, 0) is 31.2 Å². The lowest BCUT2D eigenvalue weighted by atomic mass is 10.0. The topological polar surface area (TPSA) is 92.4 Å². The lowest BCUT2D eigenvalue weighted by molar-refractivity contribution is -0.258. The normalized spacial score (nSPS) is 13.2. The Balaban J connectivity index is 2.00. The van der Waals surface area contributed by atoms with Gasteiger partial charge in [-0.2, -0.15) is 22.8 Å². The van der Waals surface area contributed by atoms with E-state index in [-0.39, 0.29) is 22.5 Å². The number of hydrogen-bond donors (Lipinski definition) is 1. The fourth-order valence-corrected chi connectivity index (χ4v) is 2.96. The summed E-state index contributed by atoms with van der Waals surface area (Å²) in [5.41, 5.74) is 7.92. The zero-order valence-corrected chi connectivity index (χ0v) is 17.0. The predicted octanol–water partition coefficient (Wildman–Crippen LogP) is 4.48. The van der Waals surface area contributed by atoms with Gasteiger partial charge in [-0.15, -0.1) is 0 Å². The van der Waals surface area contributed by atoms with Crippen molar-refractivity contribution in [1.82, 2.24) is 14.4 Å². The Morgan fingerprint density at radius 1 is 1.24 bits per heavy atom. The molecule has 3 aromatic heterocycles.